The number of rotatable bonds is 1. The van der Waals surface area contributed by atoms with Crippen LogP contribution in [0, 0.1) is 18.8 Å². The molecule has 0 spiro atoms. The third-order valence-electron chi connectivity index (χ3n) is 1.87. The molecule has 0 radical (unpaired) electrons. The van der Waals surface area contributed by atoms with Crippen LogP contribution in [0.5, 0.6) is 0 Å². The van der Waals surface area contributed by atoms with Crippen LogP contribution in [-0.4, -0.2) is 5.88 Å². The van der Waals surface area contributed by atoms with Gasteiger partial charge in [-0.3, -0.25) is 0 Å². The molecule has 0 bridgehead atoms. The van der Waals surface area contributed by atoms with Crippen molar-refractivity contribution in [3.05, 3.63) is 23.3 Å². The van der Waals surface area contributed by atoms with Gasteiger partial charge in [0.2, 0.25) is 0 Å². The molecule has 0 saturated carbocycles. The number of alkyl halides is 1. The Balaban J connectivity index is 3.00. The molecule has 0 aliphatic rings. The van der Waals surface area contributed by atoms with Gasteiger partial charge in [-0.25, -0.2) is 0 Å². The van der Waals surface area contributed by atoms with Crippen LogP contribution in [0.3, 0.4) is 0 Å². The quantitative estimate of drug-likeness (QED) is 0.422. The maximum absolute atomic E-state index is 5.67. The summed E-state index contributed by atoms with van der Waals surface area (Å²) in [7, 11) is 0. The highest BCUT2D eigenvalue weighted by molar-refractivity contribution is 6.18. The molecular formula is C11H13ClN2. The topological polar surface area (TPSA) is 52.0 Å². The van der Waals surface area contributed by atoms with Crippen molar-refractivity contribution < 1.29 is 0 Å². The van der Waals surface area contributed by atoms with Crippen molar-refractivity contribution in [2.24, 2.45) is 0 Å². The number of benzene rings is 1. The van der Waals surface area contributed by atoms with Gasteiger partial charge in [0.1, 0.15) is 0 Å². The first-order valence-electron chi connectivity index (χ1n) is 4.35. The second-order valence-corrected chi connectivity index (χ2v) is 3.41. The maximum Gasteiger partial charge on any atom is 0.0560 e. The Hall–Kier alpha value is -1.33. The van der Waals surface area contributed by atoms with Crippen molar-refractivity contribution in [3.8, 4) is 11.8 Å². The predicted octanol–water partition coefficient (Wildman–Crippen LogP) is 2.14. The molecule has 4 N–H and O–H groups in total. The molecule has 0 amide bonds. The number of nitrogen functional groups attached to an aromatic ring is 2. The van der Waals surface area contributed by atoms with E-state index in [-0.39, 0.29) is 0 Å². The lowest BCUT2D eigenvalue weighted by molar-refractivity contribution is 1.29. The van der Waals surface area contributed by atoms with Gasteiger partial charge in [0.25, 0.3) is 0 Å². The number of halogens is 1. The molecule has 0 unspecified atom stereocenters. The van der Waals surface area contributed by atoms with Gasteiger partial charge in [-0.2, -0.15) is 0 Å². The first-order chi connectivity index (χ1) is 6.65. The number of anilines is 2. The van der Waals surface area contributed by atoms with E-state index < -0.39 is 0 Å². The molecule has 1 aromatic rings. The minimum atomic E-state index is 0.552. The van der Waals surface area contributed by atoms with Crippen molar-refractivity contribution in [1.82, 2.24) is 0 Å². The van der Waals surface area contributed by atoms with E-state index in [1.807, 2.05) is 13.0 Å². The summed E-state index contributed by atoms with van der Waals surface area (Å²) < 4.78 is 0. The van der Waals surface area contributed by atoms with Gasteiger partial charge in [-0.05, 0) is 24.6 Å². The van der Waals surface area contributed by atoms with E-state index >= 15 is 0 Å². The van der Waals surface area contributed by atoms with Crippen LogP contribution in [0.4, 0.5) is 11.4 Å². The molecule has 0 saturated heterocycles. The fourth-order valence-corrected chi connectivity index (χ4v) is 1.18. The average molecular weight is 209 g/mol. The van der Waals surface area contributed by atoms with E-state index in [4.69, 9.17) is 23.1 Å². The zero-order chi connectivity index (χ0) is 10.6. The normalized spacial score (nSPS) is 9.29. The zero-order valence-corrected chi connectivity index (χ0v) is 8.86. The smallest absolute Gasteiger partial charge is 0.0560 e. The molecule has 0 atom stereocenters. The highest BCUT2D eigenvalue weighted by atomic mass is 35.5. The van der Waals surface area contributed by atoms with E-state index in [1.165, 1.54) is 0 Å². The van der Waals surface area contributed by atoms with E-state index in [2.05, 4.69) is 11.8 Å². The van der Waals surface area contributed by atoms with Gasteiger partial charge in [-0.15, -0.1) is 11.6 Å². The molecular weight excluding hydrogens is 196 g/mol. The Morgan fingerprint density at radius 1 is 1.29 bits per heavy atom. The maximum atomic E-state index is 5.67. The molecule has 1 aromatic carbocycles. The van der Waals surface area contributed by atoms with E-state index in [1.54, 1.807) is 6.07 Å². The third-order valence-corrected chi connectivity index (χ3v) is 2.06. The fourth-order valence-electron chi connectivity index (χ4n) is 1.09. The molecule has 3 heteroatoms. The number of nitrogens with two attached hydrogens (primary N) is 2. The Bertz CT molecular complexity index is 388. The second kappa shape index (κ2) is 4.78. The minimum Gasteiger partial charge on any atom is -0.397 e. The molecule has 0 heterocycles. The number of hydrogen-bond donors (Lipinski definition) is 2. The summed E-state index contributed by atoms with van der Waals surface area (Å²) in [5, 5.41) is 0. The molecule has 1 rings (SSSR count). The molecule has 0 aromatic heterocycles. The van der Waals surface area contributed by atoms with Gasteiger partial charge >= 0.3 is 0 Å². The highest BCUT2D eigenvalue weighted by Gasteiger charge is 1.99. The summed E-state index contributed by atoms with van der Waals surface area (Å²) in [6.45, 7) is 1.96. The summed E-state index contributed by atoms with van der Waals surface area (Å²) in [6, 6.07) is 3.63. The lowest BCUT2D eigenvalue weighted by atomic mass is 10.1. The molecule has 2 nitrogen and oxygen atoms in total. The van der Waals surface area contributed by atoms with Gasteiger partial charge in [0, 0.05) is 17.9 Å². The van der Waals surface area contributed by atoms with Crippen molar-refractivity contribution in [1.29, 1.82) is 0 Å². The van der Waals surface area contributed by atoms with Crippen LogP contribution in [0.25, 0.3) is 0 Å². The molecule has 0 aliphatic heterocycles. The Morgan fingerprint density at radius 2 is 1.93 bits per heavy atom. The van der Waals surface area contributed by atoms with E-state index in [0.717, 1.165) is 11.1 Å². The Labute approximate surface area is 89.2 Å². The summed E-state index contributed by atoms with van der Waals surface area (Å²) in [5.74, 6) is 6.52. The third kappa shape index (κ3) is 2.58. The highest BCUT2D eigenvalue weighted by Crippen LogP contribution is 2.19. The van der Waals surface area contributed by atoms with Gasteiger partial charge in [0.05, 0.1) is 11.4 Å². The zero-order valence-electron chi connectivity index (χ0n) is 8.10. The Morgan fingerprint density at radius 3 is 2.57 bits per heavy atom. The van der Waals surface area contributed by atoms with Crippen molar-refractivity contribution in [2.45, 2.75) is 13.3 Å². The second-order valence-electron chi connectivity index (χ2n) is 3.04. The van der Waals surface area contributed by atoms with Gasteiger partial charge in [0.15, 0.2) is 0 Å². The minimum absolute atomic E-state index is 0.552. The summed E-state index contributed by atoms with van der Waals surface area (Å²) in [4.78, 5) is 0. The predicted molar refractivity (Wildman–Crippen MR) is 62.2 cm³/mol. The van der Waals surface area contributed by atoms with Crippen LogP contribution >= 0.6 is 11.6 Å². The lowest BCUT2D eigenvalue weighted by Gasteiger charge is -2.03. The van der Waals surface area contributed by atoms with Crippen molar-refractivity contribution in [2.75, 3.05) is 17.3 Å². The summed E-state index contributed by atoms with van der Waals surface area (Å²) >= 11 is 5.52. The van der Waals surface area contributed by atoms with Crippen LogP contribution in [-0.2, 0) is 0 Å². The number of aryl methyl sites for hydroxylation is 1. The monoisotopic (exact) mass is 208 g/mol. The van der Waals surface area contributed by atoms with Crippen molar-refractivity contribution >= 4 is 23.0 Å². The lowest BCUT2D eigenvalue weighted by Crippen LogP contribution is -1.96. The largest absolute Gasteiger partial charge is 0.397 e. The summed E-state index contributed by atoms with van der Waals surface area (Å²) in [5.41, 5.74) is 14.5. The molecule has 74 valence electrons. The number of hydrogen-bond acceptors (Lipinski definition) is 2. The summed E-state index contributed by atoms with van der Waals surface area (Å²) in [6.07, 6.45) is 0.686. The first kappa shape index (κ1) is 10.7. The SMILES string of the molecule is Cc1cc(N)c(N)cc1C#CCCCl. The van der Waals surface area contributed by atoms with E-state index in [0.29, 0.717) is 23.7 Å². The van der Waals surface area contributed by atoms with Crippen molar-refractivity contribution in [3.63, 3.8) is 0 Å². The van der Waals surface area contributed by atoms with Crippen LogP contribution in [0.1, 0.15) is 17.5 Å². The molecule has 14 heavy (non-hydrogen) atoms. The van der Waals surface area contributed by atoms with Gasteiger partial charge < -0.3 is 11.5 Å². The molecule has 0 aliphatic carbocycles. The standard InChI is InChI=1S/C11H13ClN2/c1-8-6-10(13)11(14)7-9(8)4-2-3-5-12/h6-7H,3,5,13-14H2,1H3. The van der Waals surface area contributed by atoms with Crippen LogP contribution in [0.2, 0.25) is 0 Å². The fraction of sp³-hybridized carbons (Fsp3) is 0.273. The first-order valence-corrected chi connectivity index (χ1v) is 4.89. The average Bonchev–Trinajstić information content (AvgIpc) is 2.14. The molecule has 0 fully saturated rings. The van der Waals surface area contributed by atoms with Crippen LogP contribution in [0.15, 0.2) is 12.1 Å². The Kier molecular flexibility index (Phi) is 3.67. The van der Waals surface area contributed by atoms with E-state index in [9.17, 15) is 0 Å². The van der Waals surface area contributed by atoms with Crippen LogP contribution < -0.4 is 11.5 Å². The van der Waals surface area contributed by atoms with Gasteiger partial charge in [-0.1, -0.05) is 11.8 Å².